The van der Waals surface area contributed by atoms with Gasteiger partial charge >= 0.3 is 0 Å². The van der Waals surface area contributed by atoms with Crippen LogP contribution in [-0.2, 0) is 9.59 Å². The first-order valence-corrected chi connectivity index (χ1v) is 7.96. The maximum absolute atomic E-state index is 12.8. The number of carbonyl (C=O) groups excluding carboxylic acids is 2. The molecule has 3 rings (SSSR count). The van der Waals surface area contributed by atoms with Gasteiger partial charge in [-0.3, -0.25) is 9.59 Å². The lowest BCUT2D eigenvalue weighted by Gasteiger charge is -2.30. The Balaban J connectivity index is 1.98. The van der Waals surface area contributed by atoms with Gasteiger partial charge in [0.25, 0.3) is 0 Å². The number of rotatable bonds is 1. The number of nitrogens with zero attached hydrogens (tertiary/aromatic N) is 1. The molecule has 4 heteroatoms. The van der Waals surface area contributed by atoms with E-state index in [0.717, 1.165) is 35.7 Å². The second-order valence-corrected chi connectivity index (χ2v) is 6.86. The zero-order chi connectivity index (χ0) is 14.3. The van der Waals surface area contributed by atoms with Crippen LogP contribution in [0.25, 0.3) is 0 Å². The van der Waals surface area contributed by atoms with Gasteiger partial charge in [0.2, 0.25) is 11.8 Å². The van der Waals surface area contributed by atoms with Crippen molar-refractivity contribution in [3.05, 3.63) is 28.2 Å². The van der Waals surface area contributed by atoms with Crippen molar-refractivity contribution in [1.82, 2.24) is 0 Å². The Morgan fingerprint density at radius 3 is 2.50 bits per heavy atom. The number of aryl methyl sites for hydroxylation is 1. The summed E-state index contributed by atoms with van der Waals surface area (Å²) in [5.41, 5.74) is 1.37. The normalized spacial score (nSPS) is 21.8. The van der Waals surface area contributed by atoms with Crippen LogP contribution < -0.4 is 4.90 Å². The molecule has 0 aromatic heterocycles. The van der Waals surface area contributed by atoms with Crippen LogP contribution in [0.4, 0.5) is 5.69 Å². The Hall–Kier alpha value is -1.16. The van der Waals surface area contributed by atoms with E-state index in [-0.39, 0.29) is 11.8 Å². The van der Waals surface area contributed by atoms with Gasteiger partial charge in [0.1, 0.15) is 0 Å². The Morgan fingerprint density at radius 1 is 1.15 bits per heavy atom. The van der Waals surface area contributed by atoms with Crippen molar-refractivity contribution in [3.63, 3.8) is 0 Å². The fraction of sp³-hybridized carbons (Fsp3) is 0.500. The minimum Gasteiger partial charge on any atom is -0.274 e. The van der Waals surface area contributed by atoms with E-state index in [0.29, 0.717) is 12.1 Å². The molecule has 0 bridgehead atoms. The number of imide groups is 1. The van der Waals surface area contributed by atoms with Crippen LogP contribution in [0.15, 0.2) is 22.7 Å². The molecule has 1 spiro atoms. The first kappa shape index (κ1) is 13.8. The molecule has 1 saturated heterocycles. The predicted octanol–water partition coefficient (Wildman–Crippen LogP) is 3.97. The molecule has 0 N–H and O–H groups in total. The van der Waals surface area contributed by atoms with E-state index < -0.39 is 5.41 Å². The van der Waals surface area contributed by atoms with Gasteiger partial charge in [-0.05, 0) is 53.4 Å². The molecular weight excluding hydrogens is 318 g/mol. The number of amides is 2. The third-order valence-electron chi connectivity index (χ3n) is 4.55. The summed E-state index contributed by atoms with van der Waals surface area (Å²) in [5.74, 6) is -0.0480. The number of benzene rings is 1. The molecule has 2 aliphatic rings. The Labute approximate surface area is 127 Å². The van der Waals surface area contributed by atoms with Gasteiger partial charge in [-0.1, -0.05) is 25.3 Å². The molecule has 1 aromatic rings. The van der Waals surface area contributed by atoms with Gasteiger partial charge in [0, 0.05) is 10.9 Å². The molecule has 1 heterocycles. The van der Waals surface area contributed by atoms with Crippen LogP contribution in [0.5, 0.6) is 0 Å². The molecule has 1 aliphatic carbocycles. The van der Waals surface area contributed by atoms with Crippen molar-refractivity contribution in [2.45, 2.75) is 45.4 Å². The highest BCUT2D eigenvalue weighted by Crippen LogP contribution is 2.47. The molecule has 106 valence electrons. The molecule has 1 saturated carbocycles. The van der Waals surface area contributed by atoms with Gasteiger partial charge in [0.15, 0.2) is 0 Å². The maximum atomic E-state index is 12.8. The van der Waals surface area contributed by atoms with Crippen molar-refractivity contribution >= 4 is 33.4 Å². The average molecular weight is 336 g/mol. The van der Waals surface area contributed by atoms with Gasteiger partial charge in [-0.25, -0.2) is 4.90 Å². The third-order valence-corrected chi connectivity index (χ3v) is 5.19. The van der Waals surface area contributed by atoms with Crippen LogP contribution >= 0.6 is 15.9 Å². The summed E-state index contributed by atoms with van der Waals surface area (Å²) < 4.78 is 0.812. The van der Waals surface area contributed by atoms with Crippen molar-refractivity contribution in [1.29, 1.82) is 0 Å². The van der Waals surface area contributed by atoms with E-state index in [4.69, 9.17) is 0 Å². The Kier molecular flexibility index (Phi) is 3.44. The second kappa shape index (κ2) is 4.99. The SMILES string of the molecule is Cc1ccc(N2C(=O)CC3(CCCCC3)C2=O)c(Br)c1. The highest BCUT2D eigenvalue weighted by Gasteiger charge is 2.52. The topological polar surface area (TPSA) is 37.4 Å². The van der Waals surface area contributed by atoms with E-state index in [2.05, 4.69) is 15.9 Å². The molecule has 20 heavy (non-hydrogen) atoms. The third kappa shape index (κ3) is 2.10. The Bertz CT molecular complexity index is 576. The molecule has 1 aromatic carbocycles. The van der Waals surface area contributed by atoms with Gasteiger partial charge in [0.05, 0.1) is 11.1 Å². The fourth-order valence-electron chi connectivity index (χ4n) is 3.45. The first-order valence-electron chi connectivity index (χ1n) is 7.17. The molecule has 0 unspecified atom stereocenters. The number of hydrogen-bond donors (Lipinski definition) is 0. The summed E-state index contributed by atoms with van der Waals surface area (Å²) in [6.07, 6.45) is 5.39. The molecule has 2 fully saturated rings. The van der Waals surface area contributed by atoms with Crippen molar-refractivity contribution < 1.29 is 9.59 Å². The molecular formula is C16H18BrNO2. The van der Waals surface area contributed by atoms with Crippen LogP contribution in [0.3, 0.4) is 0 Å². The summed E-state index contributed by atoms with van der Waals surface area (Å²) >= 11 is 3.48. The molecule has 0 atom stereocenters. The van der Waals surface area contributed by atoms with Crippen LogP contribution in [-0.4, -0.2) is 11.8 Å². The molecule has 3 nitrogen and oxygen atoms in total. The number of carbonyl (C=O) groups is 2. The standard InChI is InChI=1S/C16H18BrNO2/c1-11-5-6-13(12(17)9-11)18-14(19)10-16(15(18)20)7-3-2-4-8-16/h5-6,9H,2-4,7-8,10H2,1H3. The molecule has 1 aliphatic heterocycles. The van der Waals surface area contributed by atoms with Gasteiger partial charge < -0.3 is 0 Å². The lowest BCUT2D eigenvalue weighted by atomic mass is 9.73. The fourth-order valence-corrected chi connectivity index (χ4v) is 4.12. The number of anilines is 1. The summed E-state index contributed by atoms with van der Waals surface area (Å²) in [6, 6.07) is 5.74. The summed E-state index contributed by atoms with van der Waals surface area (Å²) in [5, 5.41) is 0. The first-order chi connectivity index (χ1) is 9.53. The van der Waals surface area contributed by atoms with Gasteiger partial charge in [-0.15, -0.1) is 0 Å². The van der Waals surface area contributed by atoms with Crippen molar-refractivity contribution in [2.75, 3.05) is 4.90 Å². The summed E-state index contributed by atoms with van der Waals surface area (Å²) in [4.78, 5) is 26.6. The van der Waals surface area contributed by atoms with E-state index in [1.165, 1.54) is 11.3 Å². The number of halogens is 1. The maximum Gasteiger partial charge on any atom is 0.240 e. The highest BCUT2D eigenvalue weighted by molar-refractivity contribution is 9.10. The Morgan fingerprint density at radius 2 is 1.85 bits per heavy atom. The van der Waals surface area contributed by atoms with E-state index >= 15 is 0 Å². The lowest BCUT2D eigenvalue weighted by molar-refractivity contribution is -0.127. The van der Waals surface area contributed by atoms with E-state index in [1.54, 1.807) is 0 Å². The van der Waals surface area contributed by atoms with Crippen molar-refractivity contribution in [2.24, 2.45) is 5.41 Å². The van der Waals surface area contributed by atoms with Crippen LogP contribution in [0.2, 0.25) is 0 Å². The average Bonchev–Trinajstić information content (AvgIpc) is 2.63. The lowest BCUT2D eigenvalue weighted by Crippen LogP contribution is -2.37. The summed E-state index contributed by atoms with van der Waals surface area (Å²) in [7, 11) is 0. The monoisotopic (exact) mass is 335 g/mol. The largest absolute Gasteiger partial charge is 0.274 e. The number of hydrogen-bond acceptors (Lipinski definition) is 2. The van der Waals surface area contributed by atoms with Crippen molar-refractivity contribution in [3.8, 4) is 0 Å². The van der Waals surface area contributed by atoms with Crippen LogP contribution in [0.1, 0.15) is 44.1 Å². The van der Waals surface area contributed by atoms with E-state index in [9.17, 15) is 9.59 Å². The molecule has 0 radical (unpaired) electrons. The zero-order valence-electron chi connectivity index (χ0n) is 11.6. The molecule has 2 amide bonds. The summed E-state index contributed by atoms with van der Waals surface area (Å²) in [6.45, 7) is 1.99. The minimum atomic E-state index is -0.417. The smallest absolute Gasteiger partial charge is 0.240 e. The predicted molar refractivity (Wildman–Crippen MR) is 81.5 cm³/mol. The quantitative estimate of drug-likeness (QED) is 0.728. The highest BCUT2D eigenvalue weighted by atomic mass is 79.9. The second-order valence-electron chi connectivity index (χ2n) is 6.01. The van der Waals surface area contributed by atoms with Gasteiger partial charge in [-0.2, -0.15) is 0 Å². The van der Waals surface area contributed by atoms with Crippen LogP contribution in [0, 0.1) is 12.3 Å². The zero-order valence-corrected chi connectivity index (χ0v) is 13.2. The van der Waals surface area contributed by atoms with E-state index in [1.807, 2.05) is 25.1 Å². The minimum absolute atomic E-state index is 0.00625.